The molecule has 0 aliphatic heterocycles. The Balaban J connectivity index is 2.87. The maximum atomic E-state index is 5.66. The Morgan fingerprint density at radius 3 is 2.44 bits per heavy atom. The van der Waals surface area contributed by atoms with Crippen LogP contribution in [0.3, 0.4) is 0 Å². The van der Waals surface area contributed by atoms with Crippen LogP contribution in [0.5, 0.6) is 0 Å². The van der Waals surface area contributed by atoms with Crippen LogP contribution >= 0.6 is 12.2 Å². The zero-order valence-electron chi connectivity index (χ0n) is 9.66. The summed E-state index contributed by atoms with van der Waals surface area (Å²) in [6.45, 7) is 6.13. The molecule has 16 heavy (non-hydrogen) atoms. The molecule has 0 saturated heterocycles. The fraction of sp³-hybridized carbons (Fsp3) is 0.231. The highest BCUT2D eigenvalue weighted by atomic mass is 32.1. The second-order valence-corrected chi connectivity index (χ2v) is 4.57. The first kappa shape index (κ1) is 11.0. The van der Waals surface area contributed by atoms with E-state index in [4.69, 9.17) is 18.0 Å². The van der Waals surface area contributed by atoms with E-state index < -0.39 is 0 Å². The summed E-state index contributed by atoms with van der Waals surface area (Å²) in [5.74, 6) is 0. The van der Waals surface area contributed by atoms with Gasteiger partial charge in [0.1, 0.15) is 4.99 Å². The molecular weight excluding hydrogens is 216 g/mol. The summed E-state index contributed by atoms with van der Waals surface area (Å²) in [5, 5.41) is 1.13. The summed E-state index contributed by atoms with van der Waals surface area (Å²) < 4.78 is 0. The lowest BCUT2D eigenvalue weighted by Crippen LogP contribution is -2.09. The molecule has 0 spiro atoms. The highest BCUT2D eigenvalue weighted by Gasteiger charge is 2.07. The number of hydrogen-bond donors (Lipinski definition) is 1. The lowest BCUT2D eigenvalue weighted by Gasteiger charge is -2.09. The van der Waals surface area contributed by atoms with Gasteiger partial charge in [-0.15, -0.1) is 0 Å². The van der Waals surface area contributed by atoms with Crippen molar-refractivity contribution >= 4 is 28.1 Å². The Labute approximate surface area is 100 Å². The van der Waals surface area contributed by atoms with E-state index in [0.29, 0.717) is 4.99 Å². The van der Waals surface area contributed by atoms with Crippen LogP contribution in [0.2, 0.25) is 0 Å². The zero-order chi connectivity index (χ0) is 11.9. The van der Waals surface area contributed by atoms with Crippen LogP contribution < -0.4 is 5.73 Å². The van der Waals surface area contributed by atoms with E-state index >= 15 is 0 Å². The maximum absolute atomic E-state index is 5.66. The first-order valence-corrected chi connectivity index (χ1v) is 5.58. The first-order chi connectivity index (χ1) is 7.49. The third kappa shape index (κ3) is 1.78. The van der Waals surface area contributed by atoms with E-state index in [0.717, 1.165) is 27.7 Å². The first-order valence-electron chi connectivity index (χ1n) is 5.17. The molecule has 2 nitrogen and oxygen atoms in total. The number of hydrogen-bond acceptors (Lipinski definition) is 2. The van der Waals surface area contributed by atoms with Crippen LogP contribution in [0.15, 0.2) is 18.2 Å². The molecule has 82 valence electrons. The average Bonchev–Trinajstić information content (AvgIpc) is 2.19. The molecule has 2 aromatic rings. The molecule has 0 amide bonds. The van der Waals surface area contributed by atoms with Gasteiger partial charge in [-0.25, -0.2) is 0 Å². The van der Waals surface area contributed by atoms with Crippen molar-refractivity contribution in [3.63, 3.8) is 0 Å². The number of benzene rings is 1. The predicted molar refractivity (Wildman–Crippen MR) is 71.8 cm³/mol. The van der Waals surface area contributed by atoms with Gasteiger partial charge < -0.3 is 5.73 Å². The topological polar surface area (TPSA) is 38.9 Å². The number of nitrogens with two attached hydrogens (primary N) is 1. The van der Waals surface area contributed by atoms with Gasteiger partial charge >= 0.3 is 0 Å². The molecule has 1 aromatic heterocycles. The van der Waals surface area contributed by atoms with Crippen molar-refractivity contribution in [3.05, 3.63) is 40.6 Å². The fourth-order valence-corrected chi connectivity index (χ4v) is 2.09. The number of aromatic nitrogens is 1. The van der Waals surface area contributed by atoms with Crippen molar-refractivity contribution in [2.45, 2.75) is 20.8 Å². The summed E-state index contributed by atoms with van der Waals surface area (Å²) in [6.07, 6.45) is 0. The van der Waals surface area contributed by atoms with E-state index in [1.54, 1.807) is 0 Å². The molecule has 0 atom stereocenters. The van der Waals surface area contributed by atoms with Crippen LogP contribution in [0, 0.1) is 20.8 Å². The average molecular weight is 230 g/mol. The van der Waals surface area contributed by atoms with Crippen LogP contribution in [-0.2, 0) is 0 Å². The lowest BCUT2D eigenvalue weighted by atomic mass is 10.0. The molecule has 0 unspecified atom stereocenters. The molecule has 0 bridgehead atoms. The minimum absolute atomic E-state index is 0.435. The Bertz CT molecular complexity index is 588. The van der Waals surface area contributed by atoms with E-state index in [-0.39, 0.29) is 0 Å². The number of aryl methyl sites for hydroxylation is 3. The molecule has 2 N–H and O–H groups in total. The number of nitrogens with zero attached hydrogens (tertiary/aromatic N) is 1. The third-order valence-electron chi connectivity index (χ3n) is 2.72. The molecule has 0 saturated carbocycles. The van der Waals surface area contributed by atoms with E-state index in [2.05, 4.69) is 18.0 Å². The second kappa shape index (κ2) is 3.83. The fourth-order valence-electron chi connectivity index (χ4n) is 1.97. The van der Waals surface area contributed by atoms with Crippen molar-refractivity contribution in [1.29, 1.82) is 0 Å². The van der Waals surface area contributed by atoms with Gasteiger partial charge in [0.05, 0.1) is 5.52 Å². The summed E-state index contributed by atoms with van der Waals surface area (Å²) in [6, 6.07) is 6.09. The zero-order valence-corrected chi connectivity index (χ0v) is 10.5. The Morgan fingerprint density at radius 2 is 1.81 bits per heavy atom. The molecular formula is C13H14N2S. The molecule has 0 fully saturated rings. The van der Waals surface area contributed by atoms with Gasteiger partial charge in [0.15, 0.2) is 0 Å². The molecule has 0 aliphatic carbocycles. The van der Waals surface area contributed by atoms with Gasteiger partial charge in [-0.3, -0.25) is 4.98 Å². The number of thiocarbonyl (C=S) groups is 1. The molecule has 0 radical (unpaired) electrons. The van der Waals surface area contributed by atoms with Gasteiger partial charge in [-0.2, -0.15) is 0 Å². The molecule has 1 aromatic carbocycles. The third-order valence-corrected chi connectivity index (χ3v) is 2.96. The quantitative estimate of drug-likeness (QED) is 0.766. The van der Waals surface area contributed by atoms with E-state index in [1.165, 1.54) is 5.56 Å². The van der Waals surface area contributed by atoms with Crippen LogP contribution in [0.4, 0.5) is 0 Å². The minimum Gasteiger partial charge on any atom is -0.389 e. The van der Waals surface area contributed by atoms with Crippen molar-refractivity contribution < 1.29 is 0 Å². The molecule has 3 heteroatoms. The van der Waals surface area contributed by atoms with Crippen molar-refractivity contribution in [2.75, 3.05) is 0 Å². The predicted octanol–water partition coefficient (Wildman–Crippen LogP) is 2.79. The van der Waals surface area contributed by atoms with Crippen molar-refractivity contribution in [1.82, 2.24) is 4.98 Å². The monoisotopic (exact) mass is 230 g/mol. The smallest absolute Gasteiger partial charge is 0.104 e. The number of rotatable bonds is 1. The van der Waals surface area contributed by atoms with Crippen molar-refractivity contribution in [3.8, 4) is 0 Å². The van der Waals surface area contributed by atoms with Crippen molar-refractivity contribution in [2.24, 2.45) is 5.73 Å². The van der Waals surface area contributed by atoms with Crippen LogP contribution in [-0.4, -0.2) is 9.97 Å². The lowest BCUT2D eigenvalue weighted by molar-refractivity contribution is 1.22. The highest BCUT2D eigenvalue weighted by Crippen LogP contribution is 2.22. The van der Waals surface area contributed by atoms with E-state index in [9.17, 15) is 0 Å². The highest BCUT2D eigenvalue weighted by molar-refractivity contribution is 7.80. The maximum Gasteiger partial charge on any atom is 0.104 e. The molecule has 2 rings (SSSR count). The van der Waals surface area contributed by atoms with Gasteiger partial charge in [-0.1, -0.05) is 12.2 Å². The van der Waals surface area contributed by atoms with Gasteiger partial charge in [-0.05, 0) is 50.1 Å². The summed E-state index contributed by atoms with van der Waals surface area (Å²) in [4.78, 5) is 4.99. The van der Waals surface area contributed by atoms with Gasteiger partial charge in [0, 0.05) is 16.6 Å². The number of pyridine rings is 1. The summed E-state index contributed by atoms with van der Waals surface area (Å²) in [5.41, 5.74) is 11.0. The molecule has 1 heterocycles. The SMILES string of the molecule is Cc1cc(C)c2cc(C(N)=S)cc(C)c2n1. The largest absolute Gasteiger partial charge is 0.389 e. The summed E-state index contributed by atoms with van der Waals surface area (Å²) in [7, 11) is 0. The van der Waals surface area contributed by atoms with Crippen LogP contribution in [0.1, 0.15) is 22.4 Å². The number of fused-ring (bicyclic) bond motifs is 1. The Hall–Kier alpha value is -1.48. The van der Waals surface area contributed by atoms with Gasteiger partial charge in [0.25, 0.3) is 0 Å². The Kier molecular flexibility index (Phi) is 2.64. The van der Waals surface area contributed by atoms with E-state index in [1.807, 2.05) is 26.0 Å². The molecule has 0 aliphatic rings. The normalized spacial score (nSPS) is 10.7. The standard InChI is InChI=1S/C13H14N2S/c1-7-4-9(3)15-12-8(2)5-10(13(14)16)6-11(7)12/h4-6H,1-3H3,(H2,14,16). The summed E-state index contributed by atoms with van der Waals surface area (Å²) >= 11 is 5.01. The van der Waals surface area contributed by atoms with Crippen LogP contribution in [0.25, 0.3) is 10.9 Å². The van der Waals surface area contributed by atoms with Gasteiger partial charge in [0.2, 0.25) is 0 Å². The Morgan fingerprint density at radius 1 is 1.12 bits per heavy atom. The second-order valence-electron chi connectivity index (χ2n) is 4.13. The minimum atomic E-state index is 0.435.